The summed E-state index contributed by atoms with van der Waals surface area (Å²) in [7, 11) is 0. The molecule has 1 aliphatic heterocycles. The van der Waals surface area contributed by atoms with Gasteiger partial charge in [-0.2, -0.15) is 0 Å². The average Bonchev–Trinajstić information content (AvgIpc) is 2.07. The highest BCUT2D eigenvalue weighted by Gasteiger charge is 2.08. The van der Waals surface area contributed by atoms with E-state index in [1.54, 1.807) is 0 Å². The Balaban J connectivity index is 2.23. The van der Waals surface area contributed by atoms with Crippen LogP contribution in [0, 0.1) is 11.8 Å². The molecule has 1 aliphatic rings. The van der Waals surface area contributed by atoms with Crippen LogP contribution in [-0.4, -0.2) is 13.1 Å². The molecule has 72 valence electrons. The molecule has 1 heterocycles. The van der Waals surface area contributed by atoms with Crippen molar-refractivity contribution in [2.24, 2.45) is 11.8 Å². The second kappa shape index (κ2) is 5.58. The summed E-state index contributed by atoms with van der Waals surface area (Å²) in [6.45, 7) is 7.23. The summed E-state index contributed by atoms with van der Waals surface area (Å²) in [5.74, 6) is 1.84. The van der Waals surface area contributed by atoms with Gasteiger partial charge in [0.1, 0.15) is 0 Å². The van der Waals surface area contributed by atoms with Crippen LogP contribution in [0.4, 0.5) is 0 Å². The van der Waals surface area contributed by atoms with Gasteiger partial charge >= 0.3 is 0 Å². The van der Waals surface area contributed by atoms with Gasteiger partial charge in [0.05, 0.1) is 0 Å². The SMILES string of the molecule is CC1CCCCNCC(C)CC1. The van der Waals surface area contributed by atoms with Crippen LogP contribution in [0.3, 0.4) is 0 Å². The van der Waals surface area contributed by atoms with E-state index in [1.165, 1.54) is 45.2 Å². The highest BCUT2D eigenvalue weighted by molar-refractivity contribution is 4.63. The lowest BCUT2D eigenvalue weighted by Gasteiger charge is -2.18. The molecule has 0 aliphatic carbocycles. The fraction of sp³-hybridized carbons (Fsp3) is 1.00. The van der Waals surface area contributed by atoms with Crippen LogP contribution in [0.25, 0.3) is 0 Å². The lowest BCUT2D eigenvalue weighted by molar-refractivity contribution is 0.369. The second-order valence-corrected chi connectivity index (χ2v) is 4.49. The van der Waals surface area contributed by atoms with E-state index in [-0.39, 0.29) is 0 Å². The van der Waals surface area contributed by atoms with Crippen molar-refractivity contribution in [3.8, 4) is 0 Å². The van der Waals surface area contributed by atoms with E-state index < -0.39 is 0 Å². The molecule has 12 heavy (non-hydrogen) atoms. The van der Waals surface area contributed by atoms with Gasteiger partial charge in [-0.1, -0.05) is 33.1 Å². The molecular weight excluding hydrogens is 146 g/mol. The Morgan fingerprint density at radius 3 is 2.50 bits per heavy atom. The average molecular weight is 169 g/mol. The Hall–Kier alpha value is -0.0400. The molecule has 0 saturated carbocycles. The first kappa shape index (κ1) is 10.0. The van der Waals surface area contributed by atoms with Crippen LogP contribution in [0.15, 0.2) is 0 Å². The lowest BCUT2D eigenvalue weighted by atomic mass is 9.93. The van der Waals surface area contributed by atoms with Gasteiger partial charge in [-0.25, -0.2) is 0 Å². The zero-order valence-electron chi connectivity index (χ0n) is 8.60. The quantitative estimate of drug-likeness (QED) is 0.588. The molecule has 0 aromatic heterocycles. The third-order valence-electron chi connectivity index (χ3n) is 2.95. The molecule has 1 fully saturated rings. The third-order valence-corrected chi connectivity index (χ3v) is 2.95. The molecule has 2 unspecified atom stereocenters. The molecule has 0 spiro atoms. The normalized spacial score (nSPS) is 34.5. The minimum Gasteiger partial charge on any atom is -0.316 e. The van der Waals surface area contributed by atoms with Crippen molar-refractivity contribution in [1.29, 1.82) is 0 Å². The molecule has 0 radical (unpaired) electrons. The molecule has 0 aromatic carbocycles. The van der Waals surface area contributed by atoms with Crippen molar-refractivity contribution in [3.05, 3.63) is 0 Å². The van der Waals surface area contributed by atoms with Crippen LogP contribution < -0.4 is 5.32 Å². The van der Waals surface area contributed by atoms with Crippen molar-refractivity contribution in [2.45, 2.75) is 46.0 Å². The molecule has 1 N–H and O–H groups in total. The molecule has 1 rings (SSSR count). The first-order chi connectivity index (χ1) is 5.79. The maximum absolute atomic E-state index is 3.52. The maximum Gasteiger partial charge on any atom is -0.00232 e. The largest absolute Gasteiger partial charge is 0.316 e. The number of hydrogen-bond donors (Lipinski definition) is 1. The van der Waals surface area contributed by atoms with Crippen molar-refractivity contribution < 1.29 is 0 Å². The number of hydrogen-bond acceptors (Lipinski definition) is 1. The first-order valence-electron chi connectivity index (χ1n) is 5.49. The summed E-state index contributed by atoms with van der Waals surface area (Å²) in [5.41, 5.74) is 0. The van der Waals surface area contributed by atoms with Crippen molar-refractivity contribution in [1.82, 2.24) is 5.32 Å². The van der Waals surface area contributed by atoms with Crippen LogP contribution in [0.2, 0.25) is 0 Å². The highest BCUT2D eigenvalue weighted by atomic mass is 14.8. The molecule has 1 nitrogen and oxygen atoms in total. The van der Waals surface area contributed by atoms with Crippen LogP contribution in [-0.2, 0) is 0 Å². The van der Waals surface area contributed by atoms with Gasteiger partial charge in [0.25, 0.3) is 0 Å². The molecule has 2 atom stereocenters. The molecule has 0 bridgehead atoms. The topological polar surface area (TPSA) is 12.0 Å². The van der Waals surface area contributed by atoms with Gasteiger partial charge in [0.15, 0.2) is 0 Å². The number of nitrogens with one attached hydrogen (secondary N) is 1. The summed E-state index contributed by atoms with van der Waals surface area (Å²) >= 11 is 0. The Kier molecular flexibility index (Phi) is 4.67. The monoisotopic (exact) mass is 169 g/mol. The Morgan fingerprint density at radius 2 is 1.67 bits per heavy atom. The Labute approximate surface area is 76.9 Å². The second-order valence-electron chi connectivity index (χ2n) is 4.49. The van der Waals surface area contributed by atoms with Gasteiger partial charge in [-0.3, -0.25) is 0 Å². The van der Waals surface area contributed by atoms with Crippen LogP contribution >= 0.6 is 0 Å². The Morgan fingerprint density at radius 1 is 0.917 bits per heavy atom. The van der Waals surface area contributed by atoms with Crippen molar-refractivity contribution in [3.63, 3.8) is 0 Å². The molecule has 0 amide bonds. The predicted molar refractivity (Wildman–Crippen MR) is 54.3 cm³/mol. The van der Waals surface area contributed by atoms with Gasteiger partial charge in [0, 0.05) is 0 Å². The van der Waals surface area contributed by atoms with E-state index in [0.29, 0.717) is 0 Å². The summed E-state index contributed by atoms with van der Waals surface area (Å²) in [6, 6.07) is 0. The zero-order chi connectivity index (χ0) is 8.81. The zero-order valence-corrected chi connectivity index (χ0v) is 8.60. The van der Waals surface area contributed by atoms with Crippen molar-refractivity contribution >= 4 is 0 Å². The smallest absolute Gasteiger partial charge is 0.00232 e. The molecule has 1 heteroatoms. The van der Waals surface area contributed by atoms with Gasteiger partial charge in [0.2, 0.25) is 0 Å². The van der Waals surface area contributed by atoms with E-state index in [9.17, 15) is 0 Å². The maximum atomic E-state index is 3.52. The highest BCUT2D eigenvalue weighted by Crippen LogP contribution is 2.18. The summed E-state index contributed by atoms with van der Waals surface area (Å²) in [4.78, 5) is 0. The number of rotatable bonds is 0. The van der Waals surface area contributed by atoms with Gasteiger partial charge < -0.3 is 5.32 Å². The van der Waals surface area contributed by atoms with Crippen LogP contribution in [0.1, 0.15) is 46.0 Å². The third kappa shape index (κ3) is 4.10. The van der Waals surface area contributed by atoms with E-state index in [1.807, 2.05) is 0 Å². The predicted octanol–water partition coefficient (Wildman–Crippen LogP) is 2.81. The molecular formula is C11H23N. The fourth-order valence-electron chi connectivity index (χ4n) is 1.91. The van der Waals surface area contributed by atoms with E-state index in [4.69, 9.17) is 0 Å². The van der Waals surface area contributed by atoms with E-state index >= 15 is 0 Å². The van der Waals surface area contributed by atoms with E-state index in [2.05, 4.69) is 19.2 Å². The first-order valence-corrected chi connectivity index (χ1v) is 5.49. The Bertz CT molecular complexity index is 97.6. The molecule has 0 aromatic rings. The minimum atomic E-state index is 0.880. The molecule has 1 saturated heterocycles. The van der Waals surface area contributed by atoms with Gasteiger partial charge in [-0.05, 0) is 37.8 Å². The van der Waals surface area contributed by atoms with E-state index in [0.717, 1.165) is 11.8 Å². The fourth-order valence-corrected chi connectivity index (χ4v) is 1.91. The minimum absolute atomic E-state index is 0.880. The van der Waals surface area contributed by atoms with Gasteiger partial charge in [-0.15, -0.1) is 0 Å². The standard InChI is InChI=1S/C11H23N/c1-10-5-3-4-8-12-9-11(2)7-6-10/h10-12H,3-9H2,1-2H3. The summed E-state index contributed by atoms with van der Waals surface area (Å²) in [6.07, 6.45) is 7.07. The van der Waals surface area contributed by atoms with Crippen molar-refractivity contribution in [2.75, 3.05) is 13.1 Å². The van der Waals surface area contributed by atoms with Crippen LogP contribution in [0.5, 0.6) is 0 Å². The summed E-state index contributed by atoms with van der Waals surface area (Å²) in [5, 5.41) is 3.52. The lowest BCUT2D eigenvalue weighted by Crippen LogP contribution is -2.23. The summed E-state index contributed by atoms with van der Waals surface area (Å²) < 4.78 is 0.